The minimum absolute atomic E-state index is 0.488. The van der Waals surface area contributed by atoms with E-state index in [0.717, 1.165) is 0 Å². The standard InChI is InChI=1S/C9H7FN2O/c1-12-7-5-3-2-4-6(7)11-8(10)9(12)13/h2-5H,1H3. The fraction of sp³-hybridized carbons (Fsp3) is 0.111. The average molecular weight is 178 g/mol. The van der Waals surface area contributed by atoms with Gasteiger partial charge in [0.2, 0.25) is 0 Å². The summed E-state index contributed by atoms with van der Waals surface area (Å²) in [6.45, 7) is 0. The van der Waals surface area contributed by atoms with E-state index in [2.05, 4.69) is 4.98 Å². The third-order valence-corrected chi connectivity index (χ3v) is 1.94. The van der Waals surface area contributed by atoms with Crippen molar-refractivity contribution in [1.82, 2.24) is 9.55 Å². The van der Waals surface area contributed by atoms with Gasteiger partial charge in [-0.15, -0.1) is 0 Å². The molecule has 0 saturated carbocycles. The molecule has 1 aromatic carbocycles. The number of para-hydroxylation sites is 2. The van der Waals surface area contributed by atoms with Crippen molar-refractivity contribution in [3.05, 3.63) is 40.6 Å². The largest absolute Gasteiger partial charge is 0.306 e. The highest BCUT2D eigenvalue weighted by atomic mass is 19.1. The average Bonchev–Trinajstić information content (AvgIpc) is 2.15. The van der Waals surface area contributed by atoms with Gasteiger partial charge in [-0.1, -0.05) is 12.1 Å². The third kappa shape index (κ3) is 1.11. The van der Waals surface area contributed by atoms with E-state index in [1.54, 1.807) is 24.3 Å². The van der Waals surface area contributed by atoms with Gasteiger partial charge in [-0.3, -0.25) is 4.79 Å². The summed E-state index contributed by atoms with van der Waals surface area (Å²) < 4.78 is 14.1. The van der Waals surface area contributed by atoms with Crippen molar-refractivity contribution in [3.63, 3.8) is 0 Å². The fourth-order valence-electron chi connectivity index (χ4n) is 1.24. The number of benzene rings is 1. The van der Waals surface area contributed by atoms with Gasteiger partial charge in [0.1, 0.15) is 0 Å². The van der Waals surface area contributed by atoms with Gasteiger partial charge in [0.25, 0.3) is 5.95 Å². The van der Waals surface area contributed by atoms with Crippen LogP contribution in [0.3, 0.4) is 0 Å². The molecule has 13 heavy (non-hydrogen) atoms. The smallest absolute Gasteiger partial charge is 0.306 e. The first-order chi connectivity index (χ1) is 6.20. The van der Waals surface area contributed by atoms with Gasteiger partial charge in [0.15, 0.2) is 0 Å². The van der Waals surface area contributed by atoms with E-state index in [4.69, 9.17) is 0 Å². The molecule has 2 aromatic rings. The summed E-state index contributed by atoms with van der Waals surface area (Å²) in [4.78, 5) is 14.6. The van der Waals surface area contributed by atoms with Crippen LogP contribution in [-0.4, -0.2) is 9.55 Å². The molecule has 0 atom stereocenters. The van der Waals surface area contributed by atoms with Gasteiger partial charge in [0, 0.05) is 7.05 Å². The van der Waals surface area contributed by atoms with Crippen LogP contribution in [0.15, 0.2) is 29.1 Å². The Labute approximate surface area is 73.5 Å². The topological polar surface area (TPSA) is 34.9 Å². The Balaban J connectivity index is 3.02. The molecule has 0 aliphatic carbocycles. The Morgan fingerprint density at radius 2 is 2.08 bits per heavy atom. The lowest BCUT2D eigenvalue weighted by Crippen LogP contribution is -2.21. The maximum Gasteiger partial charge on any atom is 0.306 e. The molecule has 0 radical (unpaired) electrons. The van der Waals surface area contributed by atoms with Crippen molar-refractivity contribution in [2.75, 3.05) is 0 Å². The van der Waals surface area contributed by atoms with Crippen LogP contribution in [-0.2, 0) is 7.05 Å². The minimum atomic E-state index is -0.957. The zero-order valence-corrected chi connectivity index (χ0v) is 6.99. The molecule has 0 spiro atoms. The summed E-state index contributed by atoms with van der Waals surface area (Å²) >= 11 is 0. The molecule has 4 heteroatoms. The molecule has 0 aliphatic rings. The zero-order valence-electron chi connectivity index (χ0n) is 6.99. The van der Waals surface area contributed by atoms with Gasteiger partial charge in [0.05, 0.1) is 11.0 Å². The summed E-state index contributed by atoms with van der Waals surface area (Å²) in [5.41, 5.74) is 0.426. The number of aromatic nitrogens is 2. The summed E-state index contributed by atoms with van der Waals surface area (Å²) in [7, 11) is 1.52. The number of rotatable bonds is 0. The zero-order chi connectivity index (χ0) is 9.42. The Hall–Kier alpha value is -1.71. The molecule has 0 saturated heterocycles. The third-order valence-electron chi connectivity index (χ3n) is 1.94. The van der Waals surface area contributed by atoms with E-state index >= 15 is 0 Å². The molecule has 1 heterocycles. The van der Waals surface area contributed by atoms with Crippen LogP contribution < -0.4 is 5.56 Å². The molecule has 0 unspecified atom stereocenters. The van der Waals surface area contributed by atoms with E-state index < -0.39 is 11.5 Å². The molecule has 66 valence electrons. The Kier molecular flexibility index (Phi) is 1.62. The van der Waals surface area contributed by atoms with Crippen molar-refractivity contribution >= 4 is 11.0 Å². The quantitative estimate of drug-likeness (QED) is 0.604. The Bertz CT molecular complexity index is 518. The second-order valence-electron chi connectivity index (χ2n) is 2.76. The number of hydrogen-bond donors (Lipinski definition) is 0. The molecular weight excluding hydrogens is 171 g/mol. The van der Waals surface area contributed by atoms with Crippen LogP contribution in [0, 0.1) is 5.95 Å². The van der Waals surface area contributed by atoms with Gasteiger partial charge >= 0.3 is 5.56 Å². The molecule has 0 amide bonds. The van der Waals surface area contributed by atoms with Crippen molar-refractivity contribution < 1.29 is 4.39 Å². The molecule has 0 N–H and O–H groups in total. The number of hydrogen-bond acceptors (Lipinski definition) is 2. The normalized spacial score (nSPS) is 10.6. The first-order valence-electron chi connectivity index (χ1n) is 3.81. The molecule has 0 fully saturated rings. The highest BCUT2D eigenvalue weighted by molar-refractivity contribution is 5.73. The second kappa shape index (κ2) is 2.65. The lowest BCUT2D eigenvalue weighted by Gasteiger charge is -2.02. The highest BCUT2D eigenvalue weighted by Gasteiger charge is 2.05. The summed E-state index contributed by atoms with van der Waals surface area (Å²) in [5.74, 6) is -0.957. The van der Waals surface area contributed by atoms with Gasteiger partial charge < -0.3 is 4.57 Å². The number of aryl methyl sites for hydroxylation is 1. The fourth-order valence-corrected chi connectivity index (χ4v) is 1.24. The number of halogens is 1. The number of nitrogens with zero attached hydrogens (tertiary/aromatic N) is 2. The molecule has 0 aliphatic heterocycles. The van der Waals surface area contributed by atoms with Gasteiger partial charge in [-0.05, 0) is 12.1 Å². The second-order valence-corrected chi connectivity index (χ2v) is 2.76. The predicted octanol–water partition coefficient (Wildman–Crippen LogP) is 1.07. The first-order valence-corrected chi connectivity index (χ1v) is 3.81. The van der Waals surface area contributed by atoms with Crippen LogP contribution in [0.4, 0.5) is 4.39 Å². The highest BCUT2D eigenvalue weighted by Crippen LogP contribution is 2.07. The van der Waals surface area contributed by atoms with Crippen molar-refractivity contribution in [3.8, 4) is 0 Å². The first kappa shape index (κ1) is 7.91. The summed E-state index contributed by atoms with van der Waals surface area (Å²) in [6, 6.07) is 6.92. The SMILES string of the molecule is Cn1c(=O)c(F)nc2ccccc21. The molecule has 3 nitrogen and oxygen atoms in total. The summed E-state index contributed by atoms with van der Waals surface area (Å²) in [6.07, 6.45) is 0. The Morgan fingerprint density at radius 3 is 2.85 bits per heavy atom. The monoisotopic (exact) mass is 178 g/mol. The van der Waals surface area contributed by atoms with Gasteiger partial charge in [-0.2, -0.15) is 4.39 Å². The molecule has 1 aromatic heterocycles. The molecule has 2 rings (SSSR count). The minimum Gasteiger partial charge on any atom is -0.306 e. The van der Waals surface area contributed by atoms with E-state index in [9.17, 15) is 9.18 Å². The lowest BCUT2D eigenvalue weighted by molar-refractivity contribution is 0.557. The van der Waals surface area contributed by atoms with Crippen molar-refractivity contribution in [2.24, 2.45) is 7.05 Å². The van der Waals surface area contributed by atoms with E-state index in [0.29, 0.717) is 11.0 Å². The van der Waals surface area contributed by atoms with E-state index in [-0.39, 0.29) is 0 Å². The van der Waals surface area contributed by atoms with Crippen LogP contribution in [0.1, 0.15) is 0 Å². The lowest BCUT2D eigenvalue weighted by atomic mass is 10.3. The summed E-state index contributed by atoms with van der Waals surface area (Å²) in [5, 5.41) is 0. The van der Waals surface area contributed by atoms with Gasteiger partial charge in [-0.25, -0.2) is 4.98 Å². The van der Waals surface area contributed by atoms with E-state index in [1.807, 2.05) is 0 Å². The van der Waals surface area contributed by atoms with Crippen LogP contribution in [0.25, 0.3) is 11.0 Å². The predicted molar refractivity (Wildman–Crippen MR) is 46.9 cm³/mol. The van der Waals surface area contributed by atoms with Crippen molar-refractivity contribution in [2.45, 2.75) is 0 Å². The maximum atomic E-state index is 12.9. The van der Waals surface area contributed by atoms with Crippen molar-refractivity contribution in [1.29, 1.82) is 0 Å². The van der Waals surface area contributed by atoms with E-state index in [1.165, 1.54) is 11.6 Å². The molecular formula is C9H7FN2O. The van der Waals surface area contributed by atoms with Crippen LogP contribution >= 0.6 is 0 Å². The van der Waals surface area contributed by atoms with Crippen LogP contribution in [0.2, 0.25) is 0 Å². The Morgan fingerprint density at radius 1 is 1.38 bits per heavy atom. The number of fused-ring (bicyclic) bond motifs is 1. The molecule has 0 bridgehead atoms. The van der Waals surface area contributed by atoms with Crippen LogP contribution in [0.5, 0.6) is 0 Å². The maximum absolute atomic E-state index is 12.9.